The number of thioether (sulfide) groups is 1. The van der Waals surface area contributed by atoms with Gasteiger partial charge in [-0.15, -0.1) is 0 Å². The molecule has 0 saturated heterocycles. The summed E-state index contributed by atoms with van der Waals surface area (Å²) in [5, 5.41) is 0.342. The Hall–Kier alpha value is -1.55. The van der Waals surface area contributed by atoms with E-state index in [-0.39, 0.29) is 11.0 Å². The Morgan fingerprint density at radius 3 is 2.58 bits per heavy atom. The maximum atomic E-state index is 12.3. The van der Waals surface area contributed by atoms with Crippen LogP contribution in [0.3, 0.4) is 0 Å². The number of hydrogen-bond donors (Lipinski definition) is 0. The number of Topliss-reactive ketones (excluding diaryl/α,β-unsaturated/α-hetero) is 1. The number of aromatic nitrogens is 1. The minimum Gasteiger partial charge on any atom is -0.440 e. The molecule has 0 aliphatic carbocycles. The van der Waals surface area contributed by atoms with Crippen LogP contribution in [0, 0.1) is 6.92 Å². The minimum absolute atomic E-state index is 0.100. The molecule has 0 aliphatic rings. The number of rotatable bonds is 5. The van der Waals surface area contributed by atoms with E-state index in [9.17, 15) is 4.79 Å². The molecule has 1 aromatic heterocycles. The smallest absolute Gasteiger partial charge is 0.256 e. The molecule has 0 spiro atoms. The highest BCUT2D eigenvalue weighted by atomic mass is 32.2. The molecule has 0 fully saturated rings. The summed E-state index contributed by atoms with van der Waals surface area (Å²) in [6.45, 7) is 5.84. The predicted octanol–water partition coefficient (Wildman–Crippen LogP) is 3.91. The van der Waals surface area contributed by atoms with Gasteiger partial charge in [-0.2, -0.15) is 0 Å². The molecule has 0 aliphatic heterocycles. The summed E-state index contributed by atoms with van der Waals surface area (Å²) in [4.78, 5) is 16.5. The molecule has 0 saturated carbocycles. The zero-order valence-electron chi connectivity index (χ0n) is 11.3. The van der Waals surface area contributed by atoms with Crippen LogP contribution in [0.5, 0.6) is 0 Å². The molecular formula is C15H17NO2S. The van der Waals surface area contributed by atoms with Gasteiger partial charge in [0, 0.05) is 5.56 Å². The van der Waals surface area contributed by atoms with Gasteiger partial charge in [-0.05, 0) is 25.8 Å². The van der Waals surface area contributed by atoms with Crippen LogP contribution >= 0.6 is 11.8 Å². The molecule has 4 heteroatoms. The van der Waals surface area contributed by atoms with Crippen molar-refractivity contribution in [2.45, 2.75) is 37.7 Å². The van der Waals surface area contributed by atoms with Crippen molar-refractivity contribution >= 4 is 17.5 Å². The van der Waals surface area contributed by atoms with Crippen molar-refractivity contribution in [3.8, 4) is 0 Å². The zero-order valence-corrected chi connectivity index (χ0v) is 12.2. The fraction of sp³-hybridized carbons (Fsp3) is 0.333. The largest absolute Gasteiger partial charge is 0.440 e. The molecule has 2 rings (SSSR count). The molecule has 1 heterocycles. The number of carbonyl (C=O) groups excluding carboxylic acids is 1. The topological polar surface area (TPSA) is 43.1 Å². The van der Waals surface area contributed by atoms with Crippen LogP contribution in [0.4, 0.5) is 0 Å². The third-order valence-electron chi connectivity index (χ3n) is 2.89. The van der Waals surface area contributed by atoms with Gasteiger partial charge >= 0.3 is 0 Å². The second-order valence-electron chi connectivity index (χ2n) is 4.43. The molecule has 3 nitrogen and oxygen atoms in total. The van der Waals surface area contributed by atoms with Crippen molar-refractivity contribution in [3.63, 3.8) is 0 Å². The lowest BCUT2D eigenvalue weighted by atomic mass is 10.1. The number of hydrogen-bond acceptors (Lipinski definition) is 4. The Labute approximate surface area is 117 Å². The molecule has 1 aromatic carbocycles. The molecule has 1 atom stereocenters. The average Bonchev–Trinajstić information content (AvgIpc) is 2.83. The Morgan fingerprint density at radius 1 is 1.37 bits per heavy atom. The van der Waals surface area contributed by atoms with E-state index in [4.69, 9.17) is 4.42 Å². The molecule has 100 valence electrons. The number of ketones is 1. The molecule has 0 bridgehead atoms. The predicted molar refractivity (Wildman–Crippen MR) is 76.7 cm³/mol. The van der Waals surface area contributed by atoms with Crippen molar-refractivity contribution in [1.82, 2.24) is 4.98 Å². The van der Waals surface area contributed by atoms with Gasteiger partial charge in [-0.3, -0.25) is 4.79 Å². The van der Waals surface area contributed by atoms with E-state index in [0.717, 1.165) is 17.7 Å². The molecule has 0 radical (unpaired) electrons. The highest BCUT2D eigenvalue weighted by Gasteiger charge is 2.18. The van der Waals surface area contributed by atoms with Crippen LogP contribution in [0.15, 0.2) is 40.2 Å². The third kappa shape index (κ3) is 3.47. The maximum Gasteiger partial charge on any atom is 0.256 e. The number of oxazole rings is 1. The normalized spacial score (nSPS) is 12.4. The van der Waals surface area contributed by atoms with Crippen molar-refractivity contribution in [2.75, 3.05) is 0 Å². The number of carbonyl (C=O) groups is 1. The van der Waals surface area contributed by atoms with Crippen LogP contribution in [0.2, 0.25) is 0 Å². The first kappa shape index (κ1) is 13.9. The molecule has 19 heavy (non-hydrogen) atoms. The first-order valence-corrected chi connectivity index (χ1v) is 7.20. The highest BCUT2D eigenvalue weighted by Crippen LogP contribution is 2.25. The Kier molecular flexibility index (Phi) is 4.43. The summed E-state index contributed by atoms with van der Waals surface area (Å²) >= 11 is 1.35. The van der Waals surface area contributed by atoms with Crippen molar-refractivity contribution in [3.05, 3.63) is 47.3 Å². The minimum atomic E-state index is -0.203. The standard InChI is InChI=1S/C15H17NO2S/c1-4-12-5-7-13(8-6-12)14(17)11(3)19-15-16-10(2)9-18-15/h5-9,11H,4H2,1-3H3. The van der Waals surface area contributed by atoms with E-state index in [1.54, 1.807) is 6.26 Å². The van der Waals surface area contributed by atoms with E-state index >= 15 is 0 Å². The van der Waals surface area contributed by atoms with Crippen LogP contribution < -0.4 is 0 Å². The SMILES string of the molecule is CCc1ccc(C(=O)C(C)Sc2nc(C)co2)cc1. The third-order valence-corrected chi connectivity index (χ3v) is 3.85. The molecule has 1 unspecified atom stereocenters. The fourth-order valence-corrected chi connectivity index (χ4v) is 2.58. The van der Waals surface area contributed by atoms with E-state index < -0.39 is 0 Å². The lowest BCUT2D eigenvalue weighted by molar-refractivity contribution is 0.0993. The van der Waals surface area contributed by atoms with E-state index in [2.05, 4.69) is 11.9 Å². The lowest BCUT2D eigenvalue weighted by Crippen LogP contribution is -2.13. The van der Waals surface area contributed by atoms with Gasteiger partial charge in [0.2, 0.25) is 0 Å². The van der Waals surface area contributed by atoms with E-state index in [1.165, 1.54) is 17.3 Å². The Balaban J connectivity index is 2.05. The number of aryl methyl sites for hydroxylation is 2. The molecule has 2 aromatic rings. The Morgan fingerprint density at radius 2 is 2.05 bits per heavy atom. The van der Waals surface area contributed by atoms with Crippen molar-refractivity contribution in [1.29, 1.82) is 0 Å². The summed E-state index contributed by atoms with van der Waals surface area (Å²) in [5.41, 5.74) is 2.80. The number of nitrogens with zero attached hydrogens (tertiary/aromatic N) is 1. The van der Waals surface area contributed by atoms with Crippen molar-refractivity contribution < 1.29 is 9.21 Å². The summed E-state index contributed by atoms with van der Waals surface area (Å²) < 4.78 is 5.26. The van der Waals surface area contributed by atoms with Crippen LogP contribution in [0.25, 0.3) is 0 Å². The van der Waals surface area contributed by atoms with Crippen LogP contribution in [0.1, 0.15) is 35.5 Å². The quantitative estimate of drug-likeness (QED) is 0.613. The van der Waals surface area contributed by atoms with Crippen LogP contribution in [-0.4, -0.2) is 16.0 Å². The average molecular weight is 275 g/mol. The van der Waals surface area contributed by atoms with Gasteiger partial charge in [-0.1, -0.05) is 43.0 Å². The second-order valence-corrected chi connectivity index (χ2v) is 5.72. The van der Waals surface area contributed by atoms with Gasteiger partial charge in [0.1, 0.15) is 6.26 Å². The zero-order chi connectivity index (χ0) is 13.8. The van der Waals surface area contributed by atoms with Gasteiger partial charge in [0.25, 0.3) is 5.22 Å². The summed E-state index contributed by atoms with van der Waals surface area (Å²) in [6, 6.07) is 7.78. The maximum absolute atomic E-state index is 12.3. The fourth-order valence-electron chi connectivity index (χ4n) is 1.73. The number of benzene rings is 1. The van der Waals surface area contributed by atoms with Gasteiger partial charge < -0.3 is 4.42 Å². The first-order valence-electron chi connectivity index (χ1n) is 6.32. The lowest BCUT2D eigenvalue weighted by Gasteiger charge is -2.08. The summed E-state index contributed by atoms with van der Waals surface area (Å²) in [6.07, 6.45) is 2.57. The van der Waals surface area contributed by atoms with Gasteiger partial charge in [0.15, 0.2) is 5.78 Å². The van der Waals surface area contributed by atoms with E-state index in [0.29, 0.717) is 5.22 Å². The molecule has 0 amide bonds. The highest BCUT2D eigenvalue weighted by molar-refractivity contribution is 8.00. The van der Waals surface area contributed by atoms with E-state index in [1.807, 2.05) is 38.1 Å². The second kappa shape index (κ2) is 6.06. The van der Waals surface area contributed by atoms with Gasteiger partial charge in [-0.25, -0.2) is 4.98 Å². The Bertz CT molecular complexity index is 560. The molecule has 0 N–H and O–H groups in total. The molecular weight excluding hydrogens is 258 g/mol. The van der Waals surface area contributed by atoms with Gasteiger partial charge in [0.05, 0.1) is 10.9 Å². The van der Waals surface area contributed by atoms with Crippen molar-refractivity contribution in [2.24, 2.45) is 0 Å². The monoisotopic (exact) mass is 275 g/mol. The summed E-state index contributed by atoms with van der Waals surface area (Å²) in [7, 11) is 0. The van der Waals surface area contributed by atoms with Crippen LogP contribution in [-0.2, 0) is 6.42 Å². The first-order chi connectivity index (χ1) is 9.10. The summed E-state index contributed by atoms with van der Waals surface area (Å²) in [5.74, 6) is 0.100.